The Morgan fingerprint density at radius 2 is 2.00 bits per heavy atom. The van der Waals surface area contributed by atoms with Gasteiger partial charge in [0.2, 0.25) is 0 Å². The summed E-state index contributed by atoms with van der Waals surface area (Å²) < 4.78 is 6.51. The highest BCUT2D eigenvalue weighted by molar-refractivity contribution is 14.1. The number of rotatable bonds is 4. The van der Waals surface area contributed by atoms with Crippen molar-refractivity contribution in [2.45, 2.75) is 13.3 Å². The fourth-order valence-electron chi connectivity index (χ4n) is 2.50. The predicted octanol–water partition coefficient (Wildman–Crippen LogP) is 5.32. The van der Waals surface area contributed by atoms with Gasteiger partial charge in [-0.2, -0.15) is 5.10 Å². The number of hydrogen-bond acceptors (Lipinski definition) is 4. The summed E-state index contributed by atoms with van der Waals surface area (Å²) in [5.41, 5.74) is 2.86. The summed E-state index contributed by atoms with van der Waals surface area (Å²) in [4.78, 5) is 11.9. The van der Waals surface area contributed by atoms with Gasteiger partial charge in [0.25, 0.3) is 0 Å². The van der Waals surface area contributed by atoms with Crippen LogP contribution >= 0.6 is 46.4 Å². The van der Waals surface area contributed by atoms with E-state index < -0.39 is 5.97 Å². The van der Waals surface area contributed by atoms with E-state index in [1.54, 1.807) is 6.92 Å². The van der Waals surface area contributed by atoms with Crippen molar-refractivity contribution in [3.8, 4) is 0 Å². The second-order valence-electron chi connectivity index (χ2n) is 5.39. The molecule has 0 unspecified atom stereocenters. The number of carbonyl (C=O) groups is 1. The van der Waals surface area contributed by atoms with E-state index in [2.05, 4.69) is 57.1 Å². The number of benzene rings is 2. The first-order valence-electron chi connectivity index (χ1n) is 7.62. The third kappa shape index (κ3) is 3.86. The Balaban J connectivity index is 2.03. The van der Waals surface area contributed by atoms with Crippen molar-refractivity contribution >= 4 is 63.3 Å². The van der Waals surface area contributed by atoms with E-state index in [1.807, 2.05) is 12.1 Å². The molecule has 0 spiro atoms. The second-order valence-corrected chi connectivity index (χ2v) is 7.42. The van der Waals surface area contributed by atoms with Crippen LogP contribution in [0.4, 0.5) is 0 Å². The van der Waals surface area contributed by atoms with Gasteiger partial charge in [0, 0.05) is 8.96 Å². The average Bonchev–Trinajstić information content (AvgIpc) is 2.60. The van der Waals surface area contributed by atoms with Crippen molar-refractivity contribution in [1.29, 1.82) is 0 Å². The van der Waals surface area contributed by atoms with Crippen molar-refractivity contribution in [3.63, 3.8) is 0 Å². The lowest BCUT2D eigenvalue weighted by Crippen LogP contribution is -2.09. The van der Waals surface area contributed by atoms with Gasteiger partial charge in [-0.3, -0.25) is 5.10 Å². The molecule has 1 N–H and O–H groups in total. The number of nitrogens with zero attached hydrogens (tertiary/aromatic N) is 1. The highest BCUT2D eigenvalue weighted by atomic mass is 127. The van der Waals surface area contributed by atoms with Crippen LogP contribution in [0.25, 0.3) is 10.9 Å². The SMILES string of the molecule is CCOC(=O)c1n[nH]c2c(Cl)c(Cc3ccc(I)cc3)ccc2c1=S. The predicted molar refractivity (Wildman–Crippen MR) is 110 cm³/mol. The number of esters is 1. The summed E-state index contributed by atoms with van der Waals surface area (Å²) >= 11 is 14.2. The summed E-state index contributed by atoms with van der Waals surface area (Å²) in [6.07, 6.45) is 0.700. The lowest BCUT2D eigenvalue weighted by atomic mass is 10.0. The third-order valence-corrected chi connectivity index (χ3v) is 5.30. The molecule has 0 saturated heterocycles. The molecule has 0 aliphatic rings. The minimum absolute atomic E-state index is 0.103. The molecule has 4 nitrogen and oxygen atoms in total. The van der Waals surface area contributed by atoms with Gasteiger partial charge in [-0.15, -0.1) is 0 Å². The van der Waals surface area contributed by atoms with Crippen LogP contribution in [-0.2, 0) is 11.2 Å². The minimum atomic E-state index is -0.537. The van der Waals surface area contributed by atoms with Gasteiger partial charge in [0.1, 0.15) is 0 Å². The minimum Gasteiger partial charge on any atom is -0.461 e. The Morgan fingerprint density at radius 1 is 1.28 bits per heavy atom. The van der Waals surface area contributed by atoms with E-state index in [-0.39, 0.29) is 12.3 Å². The molecule has 7 heteroatoms. The fourth-order valence-corrected chi connectivity index (χ4v) is 3.44. The second kappa shape index (κ2) is 7.80. The Bertz CT molecular complexity index is 1000. The molecule has 0 saturated carbocycles. The van der Waals surface area contributed by atoms with E-state index in [4.69, 9.17) is 28.6 Å². The first-order valence-corrected chi connectivity index (χ1v) is 9.49. The average molecular weight is 485 g/mol. The fraction of sp³-hybridized carbons (Fsp3) is 0.167. The van der Waals surface area contributed by atoms with Crippen LogP contribution in [0.1, 0.15) is 28.5 Å². The number of aromatic nitrogens is 2. The molecule has 128 valence electrons. The highest BCUT2D eigenvalue weighted by Gasteiger charge is 2.16. The van der Waals surface area contributed by atoms with Crippen molar-refractivity contribution in [2.75, 3.05) is 6.61 Å². The molecule has 0 radical (unpaired) electrons. The topological polar surface area (TPSA) is 55.0 Å². The number of ether oxygens (including phenoxy) is 1. The van der Waals surface area contributed by atoms with Crippen molar-refractivity contribution in [1.82, 2.24) is 10.2 Å². The molecule has 2 aromatic carbocycles. The van der Waals surface area contributed by atoms with Crippen LogP contribution < -0.4 is 0 Å². The van der Waals surface area contributed by atoms with Crippen molar-refractivity contribution in [2.24, 2.45) is 0 Å². The molecule has 0 aliphatic heterocycles. The molecule has 0 fully saturated rings. The summed E-state index contributed by atoms with van der Waals surface area (Å²) in [6, 6.07) is 12.1. The lowest BCUT2D eigenvalue weighted by molar-refractivity contribution is 0.0518. The van der Waals surface area contributed by atoms with Crippen LogP contribution in [0.3, 0.4) is 0 Å². The molecule has 25 heavy (non-hydrogen) atoms. The molecule has 0 amide bonds. The van der Waals surface area contributed by atoms with Gasteiger partial charge in [-0.1, -0.05) is 48.1 Å². The summed E-state index contributed by atoms with van der Waals surface area (Å²) in [6.45, 7) is 2.00. The van der Waals surface area contributed by atoms with E-state index in [0.29, 0.717) is 26.9 Å². The first kappa shape index (κ1) is 18.3. The number of aromatic amines is 1. The zero-order valence-corrected chi connectivity index (χ0v) is 17.0. The molecular weight excluding hydrogens is 471 g/mol. The van der Waals surface area contributed by atoms with E-state index in [1.165, 1.54) is 3.57 Å². The Labute approximate surface area is 168 Å². The maximum Gasteiger partial charge on any atom is 0.360 e. The number of fused-ring (bicyclic) bond motifs is 1. The number of H-pyrrole nitrogens is 1. The Hall–Kier alpha value is -1.51. The van der Waals surface area contributed by atoms with Gasteiger partial charge in [0.05, 0.1) is 21.7 Å². The van der Waals surface area contributed by atoms with Gasteiger partial charge in [0.15, 0.2) is 5.69 Å². The van der Waals surface area contributed by atoms with E-state index in [0.717, 1.165) is 11.1 Å². The lowest BCUT2D eigenvalue weighted by Gasteiger charge is -2.09. The van der Waals surface area contributed by atoms with Gasteiger partial charge in [-0.25, -0.2) is 4.79 Å². The molecule has 3 aromatic rings. The number of hydrogen-bond donors (Lipinski definition) is 1. The highest BCUT2D eigenvalue weighted by Crippen LogP contribution is 2.28. The quantitative estimate of drug-likeness (QED) is 0.309. The van der Waals surface area contributed by atoms with Crippen molar-refractivity contribution in [3.05, 3.63) is 66.3 Å². The van der Waals surface area contributed by atoms with Crippen LogP contribution in [0.5, 0.6) is 0 Å². The van der Waals surface area contributed by atoms with Crippen molar-refractivity contribution < 1.29 is 9.53 Å². The maximum atomic E-state index is 11.9. The Kier molecular flexibility index (Phi) is 5.71. The molecule has 0 bridgehead atoms. The van der Waals surface area contributed by atoms with Gasteiger partial charge >= 0.3 is 5.97 Å². The zero-order chi connectivity index (χ0) is 18.0. The molecule has 1 heterocycles. The number of carbonyl (C=O) groups excluding carboxylic acids is 1. The number of nitrogens with one attached hydrogen (secondary N) is 1. The van der Waals surface area contributed by atoms with E-state index in [9.17, 15) is 4.79 Å². The summed E-state index contributed by atoms with van der Waals surface area (Å²) in [5.74, 6) is -0.537. The van der Waals surface area contributed by atoms with Gasteiger partial charge < -0.3 is 4.74 Å². The Morgan fingerprint density at radius 3 is 2.68 bits per heavy atom. The van der Waals surface area contributed by atoms with Crippen LogP contribution in [-0.4, -0.2) is 22.8 Å². The van der Waals surface area contributed by atoms with E-state index >= 15 is 0 Å². The first-order chi connectivity index (χ1) is 12.0. The zero-order valence-electron chi connectivity index (χ0n) is 13.3. The van der Waals surface area contributed by atoms with Gasteiger partial charge in [-0.05, 0) is 59.2 Å². The molecule has 0 aliphatic carbocycles. The summed E-state index contributed by atoms with van der Waals surface area (Å²) in [5, 5.41) is 8.15. The largest absolute Gasteiger partial charge is 0.461 e. The summed E-state index contributed by atoms with van der Waals surface area (Å²) in [7, 11) is 0. The standard InChI is InChI=1S/C18H14ClIN2O2S/c1-2-24-18(23)16-17(25)13-8-5-11(14(19)15(13)21-22-16)9-10-3-6-12(20)7-4-10/h3-8H,2,9H2,1H3,(H,21,25). The normalized spacial score (nSPS) is 10.8. The maximum absolute atomic E-state index is 11.9. The third-order valence-electron chi connectivity index (χ3n) is 3.74. The van der Waals surface area contributed by atoms with Crippen LogP contribution in [0.15, 0.2) is 36.4 Å². The molecular formula is C18H14ClIN2O2S. The molecule has 0 atom stereocenters. The smallest absolute Gasteiger partial charge is 0.360 e. The van der Waals surface area contributed by atoms with Crippen LogP contribution in [0, 0.1) is 8.08 Å². The molecule has 1 aromatic heterocycles. The molecule has 3 rings (SSSR count). The monoisotopic (exact) mass is 484 g/mol. The number of halogens is 2. The van der Waals surface area contributed by atoms with Crippen LogP contribution in [0.2, 0.25) is 5.02 Å².